The average Bonchev–Trinajstić information content (AvgIpc) is 2.59. The molecule has 0 heterocycles. The molecule has 0 radical (unpaired) electrons. The largest absolute Gasteiger partial charge is 0.478 e. The van der Waals surface area contributed by atoms with Crippen molar-refractivity contribution in [3.8, 4) is 0 Å². The third kappa shape index (κ3) is 4.95. The van der Waals surface area contributed by atoms with E-state index < -0.39 is 12.1 Å². The highest BCUT2D eigenvalue weighted by Crippen LogP contribution is 2.13. The number of nitrogens with one attached hydrogen (secondary N) is 1. The SMILES string of the molecule is O=CCc1cc(CNC(=O)OCc2ccccc2)ccc1C(=O)O. The van der Waals surface area contributed by atoms with Crippen molar-refractivity contribution in [2.45, 2.75) is 19.6 Å². The molecular weight excluding hydrogens is 310 g/mol. The standard InChI is InChI=1S/C18H17NO5/c20-9-8-15-10-14(6-7-16(15)17(21)22)11-19-18(23)24-12-13-4-2-1-3-5-13/h1-7,9-10H,8,11-12H2,(H,19,23)(H,21,22). The molecular formula is C18H17NO5. The van der Waals surface area contributed by atoms with Crippen molar-refractivity contribution in [2.24, 2.45) is 0 Å². The number of carboxylic acid groups (broad SMARTS) is 1. The number of aldehydes is 1. The van der Waals surface area contributed by atoms with Crippen LogP contribution in [0.1, 0.15) is 27.0 Å². The predicted molar refractivity (Wildman–Crippen MR) is 86.6 cm³/mol. The van der Waals surface area contributed by atoms with Gasteiger partial charge >= 0.3 is 12.1 Å². The van der Waals surface area contributed by atoms with Crippen LogP contribution in [-0.2, 0) is 29.1 Å². The monoisotopic (exact) mass is 327 g/mol. The Morgan fingerprint density at radius 3 is 2.50 bits per heavy atom. The van der Waals surface area contributed by atoms with E-state index in [9.17, 15) is 14.4 Å². The normalized spacial score (nSPS) is 10.0. The molecule has 2 aromatic carbocycles. The van der Waals surface area contributed by atoms with E-state index in [0.29, 0.717) is 17.4 Å². The Bertz CT molecular complexity index is 727. The molecule has 6 nitrogen and oxygen atoms in total. The second-order valence-electron chi connectivity index (χ2n) is 5.08. The quantitative estimate of drug-likeness (QED) is 0.762. The lowest BCUT2D eigenvalue weighted by Crippen LogP contribution is -2.23. The third-order valence-electron chi connectivity index (χ3n) is 3.35. The molecule has 0 fully saturated rings. The van der Waals surface area contributed by atoms with Crippen molar-refractivity contribution in [3.63, 3.8) is 0 Å². The fourth-order valence-electron chi connectivity index (χ4n) is 2.17. The van der Waals surface area contributed by atoms with Gasteiger partial charge in [-0.2, -0.15) is 0 Å². The Morgan fingerprint density at radius 2 is 1.83 bits per heavy atom. The minimum Gasteiger partial charge on any atom is -0.478 e. The van der Waals surface area contributed by atoms with Crippen LogP contribution in [0.15, 0.2) is 48.5 Å². The number of amides is 1. The van der Waals surface area contributed by atoms with Crippen molar-refractivity contribution in [1.29, 1.82) is 0 Å². The summed E-state index contributed by atoms with van der Waals surface area (Å²) in [5.74, 6) is -1.09. The van der Waals surface area contributed by atoms with E-state index in [0.717, 1.165) is 5.56 Å². The highest BCUT2D eigenvalue weighted by Gasteiger charge is 2.11. The minimum atomic E-state index is -1.09. The molecule has 0 saturated heterocycles. The van der Waals surface area contributed by atoms with Crippen LogP contribution < -0.4 is 5.32 Å². The van der Waals surface area contributed by atoms with Crippen LogP contribution in [-0.4, -0.2) is 23.5 Å². The molecule has 0 bridgehead atoms. The molecule has 2 N–H and O–H groups in total. The van der Waals surface area contributed by atoms with Gasteiger partial charge in [0.2, 0.25) is 0 Å². The maximum absolute atomic E-state index is 11.7. The topological polar surface area (TPSA) is 92.7 Å². The van der Waals surface area contributed by atoms with Crippen molar-refractivity contribution >= 4 is 18.3 Å². The highest BCUT2D eigenvalue weighted by molar-refractivity contribution is 5.90. The molecule has 1 amide bonds. The fourth-order valence-corrected chi connectivity index (χ4v) is 2.17. The summed E-state index contributed by atoms with van der Waals surface area (Å²) < 4.78 is 5.09. The van der Waals surface area contributed by atoms with Crippen LogP contribution in [0, 0.1) is 0 Å². The number of alkyl carbamates (subject to hydrolysis) is 1. The summed E-state index contributed by atoms with van der Waals surface area (Å²) in [4.78, 5) is 33.4. The number of benzene rings is 2. The van der Waals surface area contributed by atoms with Crippen molar-refractivity contribution in [1.82, 2.24) is 5.32 Å². The highest BCUT2D eigenvalue weighted by atomic mass is 16.5. The van der Waals surface area contributed by atoms with Gasteiger partial charge in [0, 0.05) is 13.0 Å². The Balaban J connectivity index is 1.91. The second kappa shape index (κ2) is 8.47. The van der Waals surface area contributed by atoms with E-state index in [1.165, 1.54) is 6.07 Å². The van der Waals surface area contributed by atoms with E-state index in [1.54, 1.807) is 12.1 Å². The number of rotatable bonds is 7. The Hall–Kier alpha value is -3.15. The zero-order valence-electron chi connectivity index (χ0n) is 12.9. The molecule has 6 heteroatoms. The molecule has 0 unspecified atom stereocenters. The van der Waals surface area contributed by atoms with Crippen LogP contribution >= 0.6 is 0 Å². The smallest absolute Gasteiger partial charge is 0.407 e. The van der Waals surface area contributed by atoms with Gasteiger partial charge in [0.25, 0.3) is 0 Å². The lowest BCUT2D eigenvalue weighted by atomic mass is 10.0. The maximum Gasteiger partial charge on any atom is 0.407 e. The number of aromatic carboxylic acids is 1. The summed E-state index contributed by atoms with van der Waals surface area (Å²) in [6, 6.07) is 13.9. The summed E-state index contributed by atoms with van der Waals surface area (Å²) in [5, 5.41) is 11.7. The summed E-state index contributed by atoms with van der Waals surface area (Å²) in [5.41, 5.74) is 2.06. The first kappa shape index (κ1) is 17.2. The van der Waals surface area contributed by atoms with Crippen LogP contribution in [0.5, 0.6) is 0 Å². The van der Waals surface area contributed by atoms with E-state index >= 15 is 0 Å². The van der Waals surface area contributed by atoms with Gasteiger partial charge in [-0.3, -0.25) is 0 Å². The fraction of sp³-hybridized carbons (Fsp3) is 0.167. The van der Waals surface area contributed by atoms with Gasteiger partial charge in [0.1, 0.15) is 12.9 Å². The number of hydrogen-bond acceptors (Lipinski definition) is 4. The molecule has 0 spiro atoms. The van der Waals surface area contributed by atoms with E-state index in [-0.39, 0.29) is 25.1 Å². The first-order valence-electron chi connectivity index (χ1n) is 7.33. The van der Waals surface area contributed by atoms with Crippen LogP contribution in [0.4, 0.5) is 4.79 Å². The van der Waals surface area contributed by atoms with E-state index in [1.807, 2.05) is 30.3 Å². The minimum absolute atomic E-state index is 0.00786. The van der Waals surface area contributed by atoms with Crippen molar-refractivity contribution in [2.75, 3.05) is 0 Å². The van der Waals surface area contributed by atoms with Crippen LogP contribution in [0.3, 0.4) is 0 Å². The summed E-state index contributed by atoms with van der Waals surface area (Å²) >= 11 is 0. The second-order valence-corrected chi connectivity index (χ2v) is 5.08. The van der Waals surface area contributed by atoms with Crippen molar-refractivity contribution < 1.29 is 24.2 Å². The molecule has 0 aromatic heterocycles. The molecule has 0 atom stereocenters. The maximum atomic E-state index is 11.7. The van der Waals surface area contributed by atoms with E-state index in [2.05, 4.69) is 5.32 Å². The zero-order valence-corrected chi connectivity index (χ0v) is 12.9. The molecule has 0 aliphatic rings. The third-order valence-corrected chi connectivity index (χ3v) is 3.35. The van der Waals surface area contributed by atoms with Crippen molar-refractivity contribution in [3.05, 3.63) is 70.8 Å². The van der Waals surface area contributed by atoms with Gasteiger partial charge in [-0.05, 0) is 22.8 Å². The lowest BCUT2D eigenvalue weighted by Gasteiger charge is -2.09. The molecule has 2 aromatic rings. The average molecular weight is 327 g/mol. The van der Waals surface area contributed by atoms with Gasteiger partial charge < -0.3 is 20.0 Å². The number of carbonyl (C=O) groups excluding carboxylic acids is 2. The van der Waals surface area contributed by atoms with Gasteiger partial charge in [-0.1, -0.05) is 42.5 Å². The molecule has 0 aliphatic carbocycles. The number of carboxylic acids is 1. The summed E-state index contributed by atoms with van der Waals surface area (Å²) in [6.07, 6.45) is 0.0826. The first-order chi connectivity index (χ1) is 11.6. The lowest BCUT2D eigenvalue weighted by molar-refractivity contribution is -0.107. The number of carbonyl (C=O) groups is 3. The molecule has 24 heavy (non-hydrogen) atoms. The van der Waals surface area contributed by atoms with Gasteiger partial charge in [-0.25, -0.2) is 9.59 Å². The Labute approximate surface area is 139 Å². The zero-order chi connectivity index (χ0) is 17.4. The molecule has 0 aliphatic heterocycles. The van der Waals surface area contributed by atoms with Crippen LogP contribution in [0.2, 0.25) is 0 Å². The summed E-state index contributed by atoms with van der Waals surface area (Å²) in [7, 11) is 0. The predicted octanol–water partition coefficient (Wildman–Crippen LogP) is 2.55. The Kier molecular flexibility index (Phi) is 6.08. The van der Waals surface area contributed by atoms with Gasteiger partial charge in [0.05, 0.1) is 5.56 Å². The molecule has 124 valence electrons. The van der Waals surface area contributed by atoms with Gasteiger partial charge in [0.15, 0.2) is 0 Å². The number of hydrogen-bond donors (Lipinski definition) is 2. The molecule has 2 rings (SSSR count). The van der Waals surface area contributed by atoms with Crippen LogP contribution in [0.25, 0.3) is 0 Å². The first-order valence-corrected chi connectivity index (χ1v) is 7.33. The Morgan fingerprint density at radius 1 is 1.08 bits per heavy atom. The van der Waals surface area contributed by atoms with Gasteiger partial charge in [-0.15, -0.1) is 0 Å². The summed E-state index contributed by atoms with van der Waals surface area (Å²) in [6.45, 7) is 0.348. The number of ether oxygens (including phenoxy) is 1. The van der Waals surface area contributed by atoms with E-state index in [4.69, 9.17) is 9.84 Å². The molecule has 0 saturated carbocycles.